The molecule has 1 aliphatic heterocycles. The zero-order valence-electron chi connectivity index (χ0n) is 17.4. The van der Waals surface area contributed by atoms with Gasteiger partial charge in [0, 0.05) is 35.1 Å². The quantitative estimate of drug-likeness (QED) is 0.286. The first-order chi connectivity index (χ1) is 15.6. The van der Waals surface area contributed by atoms with Crippen molar-refractivity contribution in [3.8, 4) is 23.0 Å². The van der Waals surface area contributed by atoms with Gasteiger partial charge in [0.1, 0.15) is 10.8 Å². The number of hydrogen-bond donors (Lipinski definition) is 1. The van der Waals surface area contributed by atoms with Crippen molar-refractivity contribution in [2.24, 2.45) is 0 Å². The van der Waals surface area contributed by atoms with Gasteiger partial charge in [0.15, 0.2) is 11.6 Å². The molecule has 0 saturated heterocycles. The predicted octanol–water partition coefficient (Wildman–Crippen LogP) is 5.47. The second-order valence-electron chi connectivity index (χ2n) is 7.53. The molecule has 1 N–H and O–H groups in total. The van der Waals surface area contributed by atoms with E-state index in [4.69, 9.17) is 9.72 Å². The molecule has 0 radical (unpaired) electrons. The molecule has 0 atom stereocenters. The Hall–Kier alpha value is -3.29. The van der Waals surface area contributed by atoms with Gasteiger partial charge >= 0.3 is 0 Å². The molecule has 5 rings (SSSR count). The number of halogens is 1. The number of thioether (sulfide) groups is 1. The summed E-state index contributed by atoms with van der Waals surface area (Å²) < 4.78 is 19.7. The molecule has 1 aliphatic rings. The summed E-state index contributed by atoms with van der Waals surface area (Å²) in [6.07, 6.45) is 2.23. The first-order valence-electron chi connectivity index (χ1n) is 10.2. The summed E-state index contributed by atoms with van der Waals surface area (Å²) in [6, 6.07) is 16.3. The van der Waals surface area contributed by atoms with E-state index in [9.17, 15) is 9.50 Å². The van der Waals surface area contributed by atoms with Crippen molar-refractivity contribution in [3.63, 3.8) is 0 Å². The van der Waals surface area contributed by atoms with E-state index in [0.29, 0.717) is 29.4 Å². The van der Waals surface area contributed by atoms with E-state index in [0.717, 1.165) is 33.2 Å². The number of aryl methyl sites for hydroxylation is 1. The Morgan fingerprint density at radius 2 is 1.81 bits per heavy atom. The minimum Gasteiger partial charge on any atom is -0.436 e. The molecule has 0 bridgehead atoms. The molecule has 2 aromatic heterocycles. The number of rotatable bonds is 5. The number of aromatic nitrogens is 3. The second-order valence-corrected chi connectivity index (χ2v) is 8.49. The fraction of sp³-hybridized carbons (Fsp3) is 0.160. The average Bonchev–Trinajstić information content (AvgIpc) is 2.83. The van der Waals surface area contributed by atoms with E-state index in [1.165, 1.54) is 17.7 Å². The molecular weight excluding hydrogens is 425 g/mol. The number of fused-ring (bicyclic) bond motifs is 2. The smallest absolute Gasteiger partial charge is 0.227 e. The number of nitrogens with zero attached hydrogens (tertiary/aromatic N) is 3. The first-order valence-corrected chi connectivity index (χ1v) is 11.2. The standard InChI is InChI=1S/C25H20FN3O2S/c1-15-22-20(18(13-30)12-27-15)11-21-24(31-22)28-23(17-7-9-19(26)10-8-17)29-25(21)32-14-16-5-3-2-4-6-16/h2-10,12,30H,11,13-14H2,1H3. The lowest BCUT2D eigenvalue weighted by molar-refractivity contribution is 0.278. The van der Waals surface area contributed by atoms with Crippen LogP contribution in [0.1, 0.15) is 27.9 Å². The van der Waals surface area contributed by atoms with Gasteiger partial charge < -0.3 is 9.84 Å². The van der Waals surface area contributed by atoms with Crippen LogP contribution < -0.4 is 4.74 Å². The third-order valence-corrected chi connectivity index (χ3v) is 6.47. The van der Waals surface area contributed by atoms with Crippen molar-refractivity contribution in [2.75, 3.05) is 0 Å². The van der Waals surface area contributed by atoms with Gasteiger partial charge in [-0.25, -0.2) is 9.37 Å². The Balaban J connectivity index is 1.59. The Morgan fingerprint density at radius 1 is 1.03 bits per heavy atom. The van der Waals surface area contributed by atoms with Crippen LogP contribution in [0.4, 0.5) is 4.39 Å². The van der Waals surface area contributed by atoms with Crippen molar-refractivity contribution in [2.45, 2.75) is 30.7 Å². The molecule has 3 heterocycles. The fourth-order valence-electron chi connectivity index (χ4n) is 3.67. The van der Waals surface area contributed by atoms with Gasteiger partial charge in [-0.1, -0.05) is 30.3 Å². The maximum Gasteiger partial charge on any atom is 0.227 e. The Morgan fingerprint density at radius 3 is 2.56 bits per heavy atom. The number of benzene rings is 2. The van der Waals surface area contributed by atoms with E-state index in [2.05, 4.69) is 22.1 Å². The van der Waals surface area contributed by atoms with Crippen molar-refractivity contribution in [3.05, 3.63) is 94.6 Å². The molecule has 0 aliphatic carbocycles. The topological polar surface area (TPSA) is 68.1 Å². The summed E-state index contributed by atoms with van der Waals surface area (Å²) in [4.78, 5) is 13.8. The second kappa shape index (κ2) is 8.68. The zero-order chi connectivity index (χ0) is 22.1. The number of pyridine rings is 1. The first kappa shape index (κ1) is 20.6. The molecule has 4 aromatic rings. The monoisotopic (exact) mass is 445 g/mol. The normalized spacial score (nSPS) is 12.1. The molecule has 0 amide bonds. The van der Waals surface area contributed by atoms with Gasteiger partial charge in [-0.2, -0.15) is 4.98 Å². The zero-order valence-corrected chi connectivity index (χ0v) is 18.2. The lowest BCUT2D eigenvalue weighted by Crippen LogP contribution is -2.13. The van der Waals surface area contributed by atoms with Gasteiger partial charge in [-0.05, 0) is 36.8 Å². The third-order valence-electron chi connectivity index (χ3n) is 5.38. The molecule has 5 nitrogen and oxygen atoms in total. The summed E-state index contributed by atoms with van der Waals surface area (Å²) in [6.45, 7) is 1.76. The van der Waals surface area contributed by atoms with E-state index in [1.807, 2.05) is 25.1 Å². The van der Waals surface area contributed by atoms with E-state index >= 15 is 0 Å². The molecule has 2 aromatic carbocycles. The summed E-state index contributed by atoms with van der Waals surface area (Å²) in [7, 11) is 0. The van der Waals surface area contributed by atoms with Crippen molar-refractivity contribution >= 4 is 11.8 Å². The minimum atomic E-state index is -0.311. The van der Waals surface area contributed by atoms with Crippen LogP contribution in [0.2, 0.25) is 0 Å². The molecule has 0 spiro atoms. The van der Waals surface area contributed by atoms with Crippen LogP contribution in [0.15, 0.2) is 65.8 Å². The van der Waals surface area contributed by atoms with Gasteiger partial charge in [0.25, 0.3) is 0 Å². The Kier molecular flexibility index (Phi) is 5.59. The molecular formula is C25H20FN3O2S. The lowest BCUT2D eigenvalue weighted by atomic mass is 9.99. The van der Waals surface area contributed by atoms with Crippen molar-refractivity contribution < 1.29 is 14.2 Å². The summed E-state index contributed by atoms with van der Waals surface area (Å²) in [5.41, 5.74) is 5.16. The fourth-order valence-corrected chi connectivity index (χ4v) is 4.65. The van der Waals surface area contributed by atoms with Gasteiger partial charge in [0.2, 0.25) is 5.88 Å². The number of aliphatic hydroxyl groups is 1. The number of hydrogen-bond acceptors (Lipinski definition) is 6. The highest BCUT2D eigenvalue weighted by Gasteiger charge is 2.27. The average molecular weight is 446 g/mol. The Bertz CT molecular complexity index is 1280. The highest BCUT2D eigenvalue weighted by atomic mass is 32.2. The molecule has 32 heavy (non-hydrogen) atoms. The van der Waals surface area contributed by atoms with Crippen molar-refractivity contribution in [1.29, 1.82) is 0 Å². The van der Waals surface area contributed by atoms with Crippen LogP contribution in [0.3, 0.4) is 0 Å². The van der Waals surface area contributed by atoms with Crippen molar-refractivity contribution in [1.82, 2.24) is 15.0 Å². The van der Waals surface area contributed by atoms with Crippen LogP contribution in [-0.2, 0) is 18.8 Å². The SMILES string of the molecule is Cc1ncc(CO)c2c1Oc1nc(-c3ccc(F)cc3)nc(SCc3ccccc3)c1C2. The molecule has 0 saturated carbocycles. The largest absolute Gasteiger partial charge is 0.436 e. The summed E-state index contributed by atoms with van der Waals surface area (Å²) in [5, 5.41) is 10.6. The maximum absolute atomic E-state index is 13.4. The maximum atomic E-state index is 13.4. The highest BCUT2D eigenvalue weighted by molar-refractivity contribution is 7.98. The van der Waals surface area contributed by atoms with E-state index < -0.39 is 0 Å². The molecule has 7 heteroatoms. The van der Waals surface area contributed by atoms with Gasteiger partial charge in [0.05, 0.1) is 17.9 Å². The molecule has 0 fully saturated rings. The van der Waals surface area contributed by atoms with Crippen LogP contribution in [-0.4, -0.2) is 20.1 Å². The van der Waals surface area contributed by atoms with Crippen LogP contribution in [0.5, 0.6) is 11.6 Å². The van der Waals surface area contributed by atoms with Crippen LogP contribution >= 0.6 is 11.8 Å². The summed E-state index contributed by atoms with van der Waals surface area (Å²) >= 11 is 1.61. The third kappa shape index (κ3) is 3.97. The summed E-state index contributed by atoms with van der Waals surface area (Å²) in [5.74, 6) is 2.01. The Labute approximate surface area is 189 Å². The number of ether oxygens (including phenoxy) is 1. The van der Waals surface area contributed by atoms with E-state index in [1.54, 1.807) is 30.1 Å². The van der Waals surface area contributed by atoms with Gasteiger partial charge in [-0.3, -0.25) is 4.98 Å². The number of aliphatic hydroxyl groups excluding tert-OH is 1. The molecule has 160 valence electrons. The molecule has 0 unspecified atom stereocenters. The van der Waals surface area contributed by atoms with Crippen LogP contribution in [0, 0.1) is 12.7 Å². The van der Waals surface area contributed by atoms with Crippen LogP contribution in [0.25, 0.3) is 11.4 Å². The predicted molar refractivity (Wildman–Crippen MR) is 121 cm³/mol. The minimum absolute atomic E-state index is 0.116. The lowest BCUT2D eigenvalue weighted by Gasteiger charge is -2.24. The van der Waals surface area contributed by atoms with E-state index in [-0.39, 0.29) is 12.4 Å². The van der Waals surface area contributed by atoms with Gasteiger partial charge in [-0.15, -0.1) is 11.8 Å². The highest BCUT2D eigenvalue weighted by Crippen LogP contribution is 2.43.